The van der Waals surface area contributed by atoms with Crippen molar-refractivity contribution in [3.8, 4) is 0 Å². The summed E-state index contributed by atoms with van der Waals surface area (Å²) in [5.41, 5.74) is 10.1. The normalized spacial score (nSPS) is 11.9. The first-order valence-electron chi connectivity index (χ1n) is 15.4. The third kappa shape index (κ3) is 9.02. The number of aromatic nitrogens is 4. The van der Waals surface area contributed by atoms with Gasteiger partial charge in [0.25, 0.3) is 0 Å². The average molecular weight is 567 g/mol. The zero-order chi connectivity index (χ0) is 29.5. The van der Waals surface area contributed by atoms with Crippen LogP contribution >= 0.6 is 11.3 Å². The summed E-state index contributed by atoms with van der Waals surface area (Å²) >= 11 is 1.93. The quantitative estimate of drug-likeness (QED) is 0.214. The maximum Gasteiger partial charge on any atom is 0.116 e. The van der Waals surface area contributed by atoms with Crippen molar-refractivity contribution in [3.63, 3.8) is 0 Å². The molecule has 0 spiro atoms. The second-order valence-electron chi connectivity index (χ2n) is 9.47. The maximum atomic E-state index is 4.45. The lowest BCUT2D eigenvalue weighted by Gasteiger charge is -2.07. The summed E-state index contributed by atoms with van der Waals surface area (Å²) in [6, 6.07) is 13.4. The molecule has 4 nitrogen and oxygen atoms in total. The standard InChI is InChI=1S/C17H18N2.C15H16N2S.2C2H6/c1-2-13-6-8-14(9-7-13)10-11-17-15-4-3-5-16(15)18-12-19-17;1-2-11-6-7-12(18-11)8-9-15-13-4-3-5-14(13)16-10-17-15;2*1-2/h3,5-9,12H,2,4,10-11H2,1H3;3,5-7,10H,2,4,8-9H2,1H3;2*1-2H3. The van der Waals surface area contributed by atoms with Gasteiger partial charge in [-0.15, -0.1) is 11.3 Å². The molecule has 0 N–H and O–H groups in total. The van der Waals surface area contributed by atoms with Crippen LogP contribution in [0.4, 0.5) is 0 Å². The van der Waals surface area contributed by atoms with Crippen LogP contribution in [-0.4, -0.2) is 19.9 Å². The van der Waals surface area contributed by atoms with Crippen molar-refractivity contribution in [1.82, 2.24) is 19.9 Å². The first-order valence-corrected chi connectivity index (χ1v) is 16.2. The summed E-state index contributed by atoms with van der Waals surface area (Å²) in [6.45, 7) is 12.4. The first kappa shape index (κ1) is 32.1. The number of aryl methyl sites for hydroxylation is 6. The van der Waals surface area contributed by atoms with E-state index in [1.165, 1.54) is 43.4 Å². The van der Waals surface area contributed by atoms with Crippen molar-refractivity contribution >= 4 is 23.5 Å². The minimum Gasteiger partial charge on any atom is -0.241 e. The molecule has 41 heavy (non-hydrogen) atoms. The highest BCUT2D eigenvalue weighted by Crippen LogP contribution is 2.23. The molecule has 0 saturated heterocycles. The van der Waals surface area contributed by atoms with E-state index in [4.69, 9.17) is 0 Å². The molecule has 0 fully saturated rings. The molecule has 5 heteroatoms. The van der Waals surface area contributed by atoms with Gasteiger partial charge in [-0.05, 0) is 86.8 Å². The summed E-state index contributed by atoms with van der Waals surface area (Å²) < 4.78 is 0. The van der Waals surface area contributed by atoms with E-state index in [0.717, 1.165) is 62.8 Å². The number of hydrogen-bond donors (Lipinski definition) is 0. The lowest BCUT2D eigenvalue weighted by molar-refractivity contribution is 0.875. The fourth-order valence-corrected chi connectivity index (χ4v) is 5.82. The van der Waals surface area contributed by atoms with E-state index in [9.17, 15) is 0 Å². The number of allylic oxidation sites excluding steroid dienone is 2. The molecule has 3 aromatic heterocycles. The Morgan fingerprint density at radius 2 is 1.07 bits per heavy atom. The third-order valence-electron chi connectivity index (χ3n) is 7.09. The zero-order valence-corrected chi connectivity index (χ0v) is 26.6. The van der Waals surface area contributed by atoms with Crippen molar-refractivity contribution in [1.29, 1.82) is 0 Å². The maximum absolute atomic E-state index is 4.45. The molecule has 2 aliphatic rings. The summed E-state index contributed by atoms with van der Waals surface area (Å²) in [7, 11) is 0. The number of fused-ring (bicyclic) bond motifs is 2. The van der Waals surface area contributed by atoms with Gasteiger partial charge in [0.1, 0.15) is 12.7 Å². The molecule has 0 unspecified atom stereocenters. The molecule has 2 aliphatic carbocycles. The topological polar surface area (TPSA) is 51.6 Å². The van der Waals surface area contributed by atoms with Gasteiger partial charge in [0.15, 0.2) is 0 Å². The molecule has 6 rings (SSSR count). The highest BCUT2D eigenvalue weighted by molar-refractivity contribution is 7.11. The second kappa shape index (κ2) is 17.4. The van der Waals surface area contributed by atoms with Crippen LogP contribution in [0.25, 0.3) is 12.2 Å². The smallest absolute Gasteiger partial charge is 0.116 e. The Morgan fingerprint density at radius 1 is 0.561 bits per heavy atom. The van der Waals surface area contributed by atoms with Gasteiger partial charge in [-0.2, -0.15) is 0 Å². The van der Waals surface area contributed by atoms with Crippen LogP contribution in [0.5, 0.6) is 0 Å². The van der Waals surface area contributed by atoms with Crippen molar-refractivity contribution < 1.29 is 0 Å². The average Bonchev–Trinajstić information content (AvgIpc) is 3.83. The van der Waals surface area contributed by atoms with Gasteiger partial charge in [0, 0.05) is 32.3 Å². The molecule has 3 heterocycles. The molecular formula is C36H46N4S. The fourth-order valence-electron chi connectivity index (χ4n) is 4.86. The Morgan fingerprint density at radius 3 is 1.59 bits per heavy atom. The van der Waals surface area contributed by atoms with Crippen LogP contribution in [0.3, 0.4) is 0 Å². The van der Waals surface area contributed by atoms with Gasteiger partial charge < -0.3 is 0 Å². The number of thiophene rings is 1. The molecule has 0 bridgehead atoms. The molecule has 0 atom stereocenters. The van der Waals surface area contributed by atoms with Crippen molar-refractivity contribution in [3.05, 3.63) is 116 Å². The van der Waals surface area contributed by atoms with Crippen LogP contribution in [0.15, 0.2) is 61.2 Å². The Hall–Kier alpha value is -3.44. The summed E-state index contributed by atoms with van der Waals surface area (Å²) in [6.07, 6.45) is 20.3. The molecule has 0 saturated carbocycles. The monoisotopic (exact) mass is 566 g/mol. The molecule has 1 aromatic carbocycles. The minimum absolute atomic E-state index is 0.986. The molecule has 216 valence electrons. The zero-order valence-electron chi connectivity index (χ0n) is 25.8. The summed E-state index contributed by atoms with van der Waals surface area (Å²) in [5.74, 6) is 0. The molecule has 0 radical (unpaired) electrons. The lowest BCUT2D eigenvalue weighted by atomic mass is 10.0. The second-order valence-corrected chi connectivity index (χ2v) is 10.7. The van der Waals surface area contributed by atoms with Crippen molar-refractivity contribution in [2.45, 2.75) is 92.9 Å². The van der Waals surface area contributed by atoms with Crippen LogP contribution in [0, 0.1) is 0 Å². The first-order chi connectivity index (χ1) is 20.2. The molecular weight excluding hydrogens is 520 g/mol. The summed E-state index contributed by atoms with van der Waals surface area (Å²) in [4.78, 5) is 20.4. The van der Waals surface area contributed by atoms with Crippen LogP contribution < -0.4 is 0 Å². The lowest BCUT2D eigenvalue weighted by Crippen LogP contribution is -2.02. The van der Waals surface area contributed by atoms with E-state index < -0.39 is 0 Å². The van der Waals surface area contributed by atoms with Gasteiger partial charge in [-0.1, -0.05) is 78.0 Å². The van der Waals surface area contributed by atoms with E-state index in [0.29, 0.717) is 0 Å². The third-order valence-corrected chi connectivity index (χ3v) is 8.38. The van der Waals surface area contributed by atoms with Gasteiger partial charge in [-0.3, -0.25) is 0 Å². The number of rotatable bonds is 8. The van der Waals surface area contributed by atoms with E-state index in [1.54, 1.807) is 12.7 Å². The van der Waals surface area contributed by atoms with Crippen LogP contribution in [0.1, 0.15) is 96.3 Å². The Kier molecular flexibility index (Phi) is 13.6. The Bertz CT molecular complexity index is 1400. The van der Waals surface area contributed by atoms with Crippen molar-refractivity contribution in [2.24, 2.45) is 0 Å². The minimum atomic E-state index is 0.986. The predicted octanol–water partition coefficient (Wildman–Crippen LogP) is 8.90. The van der Waals surface area contributed by atoms with Gasteiger partial charge in [0.2, 0.25) is 0 Å². The highest BCUT2D eigenvalue weighted by Gasteiger charge is 2.13. The molecule has 4 aromatic rings. The number of benzene rings is 1. The Balaban J connectivity index is 0.000000202. The summed E-state index contributed by atoms with van der Waals surface area (Å²) in [5, 5.41) is 0. The highest BCUT2D eigenvalue weighted by atomic mass is 32.1. The van der Waals surface area contributed by atoms with Crippen LogP contribution in [0.2, 0.25) is 0 Å². The van der Waals surface area contributed by atoms with Gasteiger partial charge in [-0.25, -0.2) is 19.9 Å². The SMILES string of the molecule is CC.CC.CCc1ccc(CCc2ncnc3c2CC=C3)cc1.CCc1ccc(CCc2ncnc3c2CC=C3)s1. The van der Waals surface area contributed by atoms with Gasteiger partial charge in [0.05, 0.1) is 11.4 Å². The number of hydrogen-bond acceptors (Lipinski definition) is 5. The van der Waals surface area contributed by atoms with E-state index >= 15 is 0 Å². The molecule has 0 amide bonds. The van der Waals surface area contributed by atoms with Crippen LogP contribution in [-0.2, 0) is 51.4 Å². The molecule has 0 aliphatic heterocycles. The largest absolute Gasteiger partial charge is 0.241 e. The van der Waals surface area contributed by atoms with E-state index in [2.05, 4.69) is 94.5 Å². The Labute approximate surface area is 251 Å². The van der Waals surface area contributed by atoms with Gasteiger partial charge >= 0.3 is 0 Å². The van der Waals surface area contributed by atoms with E-state index in [-0.39, 0.29) is 0 Å². The number of nitrogens with zero attached hydrogens (tertiary/aromatic N) is 4. The van der Waals surface area contributed by atoms with E-state index in [1.807, 2.05) is 39.0 Å². The van der Waals surface area contributed by atoms with Crippen molar-refractivity contribution in [2.75, 3.05) is 0 Å². The predicted molar refractivity (Wildman–Crippen MR) is 177 cm³/mol. The fraction of sp³-hybridized carbons (Fsp3) is 0.389.